The lowest BCUT2D eigenvalue weighted by molar-refractivity contribution is 0.0929. The second kappa shape index (κ2) is 14.0. The Balaban J connectivity index is 1.25. The Kier molecular flexibility index (Phi) is 9.98. The summed E-state index contributed by atoms with van der Waals surface area (Å²) in [7, 11) is 0. The lowest BCUT2D eigenvalue weighted by atomic mass is 9.96. The van der Waals surface area contributed by atoms with Crippen LogP contribution in [0, 0.1) is 0 Å². The van der Waals surface area contributed by atoms with Crippen LogP contribution >= 0.6 is 0 Å². The van der Waals surface area contributed by atoms with Gasteiger partial charge in [-0.25, -0.2) is 20.4 Å². The van der Waals surface area contributed by atoms with Crippen molar-refractivity contribution in [2.75, 3.05) is 5.32 Å². The van der Waals surface area contributed by atoms with Gasteiger partial charge in [0.1, 0.15) is 0 Å². The molecule has 0 aliphatic heterocycles. The summed E-state index contributed by atoms with van der Waals surface area (Å²) in [6.45, 7) is 0. The first kappa shape index (κ1) is 27.7. The molecule has 0 unspecified atom stereocenters. The zero-order chi connectivity index (χ0) is 27.5. The van der Waals surface area contributed by atoms with Crippen LogP contribution < -0.4 is 37.7 Å². The van der Waals surface area contributed by atoms with E-state index in [4.69, 9.17) is 0 Å². The maximum absolute atomic E-state index is 12.8. The number of rotatable bonds is 6. The molecule has 11 heteroatoms. The zero-order valence-electron chi connectivity index (χ0n) is 22.0. The second-order valence-corrected chi connectivity index (χ2v) is 10.0. The number of carbonyl (C=O) groups is 4. The third kappa shape index (κ3) is 8.62. The van der Waals surface area contributed by atoms with Gasteiger partial charge in [-0.15, -0.1) is 0 Å². The van der Waals surface area contributed by atoms with Gasteiger partial charge in [-0.05, 0) is 62.1 Å². The van der Waals surface area contributed by atoms with Gasteiger partial charge in [0.2, 0.25) is 0 Å². The maximum Gasteiger partial charge on any atom is 0.333 e. The van der Waals surface area contributed by atoms with E-state index in [2.05, 4.69) is 37.7 Å². The van der Waals surface area contributed by atoms with Gasteiger partial charge >= 0.3 is 12.1 Å². The molecule has 4 rings (SSSR count). The summed E-state index contributed by atoms with van der Waals surface area (Å²) in [5.41, 5.74) is 11.6. The van der Waals surface area contributed by atoms with Crippen LogP contribution in [-0.2, 0) is 0 Å². The van der Waals surface area contributed by atoms with E-state index >= 15 is 0 Å². The smallest absolute Gasteiger partial charge is 0.333 e. The third-order valence-electron chi connectivity index (χ3n) is 7.06. The van der Waals surface area contributed by atoms with Crippen LogP contribution in [0.15, 0.2) is 48.5 Å². The highest BCUT2D eigenvalue weighted by atomic mass is 16.2. The molecule has 208 valence electrons. The Morgan fingerprint density at radius 1 is 0.564 bits per heavy atom. The highest BCUT2D eigenvalue weighted by molar-refractivity contribution is 6.01. The minimum Gasteiger partial charge on any atom is -0.355 e. The summed E-state index contributed by atoms with van der Waals surface area (Å²) in [5, 5.41) is 8.93. The van der Waals surface area contributed by atoms with Gasteiger partial charge in [-0.3, -0.25) is 20.4 Å². The number of hydrogen-bond donors (Lipinski definition) is 7. The Bertz CT molecular complexity index is 1140. The first-order valence-electron chi connectivity index (χ1n) is 13.7. The molecule has 0 aromatic heterocycles. The number of hydrogen-bond acceptors (Lipinski definition) is 5. The number of urea groups is 2. The first-order valence-corrected chi connectivity index (χ1v) is 13.7. The van der Waals surface area contributed by atoms with Gasteiger partial charge in [0.25, 0.3) is 11.8 Å². The van der Waals surface area contributed by atoms with E-state index in [0.29, 0.717) is 22.5 Å². The first-order chi connectivity index (χ1) is 19.0. The normalized spacial score (nSPS) is 15.9. The molecule has 2 aliphatic rings. The number of amides is 6. The number of para-hydroxylation sites is 1. The van der Waals surface area contributed by atoms with Gasteiger partial charge in [0.15, 0.2) is 0 Å². The number of benzene rings is 2. The number of anilines is 2. The van der Waals surface area contributed by atoms with Crippen molar-refractivity contribution in [2.24, 2.45) is 0 Å². The van der Waals surface area contributed by atoms with E-state index in [0.717, 1.165) is 51.4 Å². The SMILES string of the molecule is O=C(NNC(=O)c1ccc(Nc2ccccc2C(=O)NNC(=O)NC2CCCCC2)cc1)NC1CCCCC1. The van der Waals surface area contributed by atoms with Crippen molar-refractivity contribution in [2.45, 2.75) is 76.3 Å². The van der Waals surface area contributed by atoms with E-state index in [9.17, 15) is 19.2 Å². The molecule has 2 saturated carbocycles. The molecule has 2 fully saturated rings. The lowest BCUT2D eigenvalue weighted by Crippen LogP contribution is -2.50. The third-order valence-corrected chi connectivity index (χ3v) is 7.06. The number of nitrogens with one attached hydrogen (secondary N) is 7. The number of hydrazine groups is 2. The molecule has 0 spiro atoms. The molecule has 2 aromatic carbocycles. The minimum atomic E-state index is -0.467. The van der Waals surface area contributed by atoms with E-state index in [1.165, 1.54) is 12.8 Å². The highest BCUT2D eigenvalue weighted by Crippen LogP contribution is 2.22. The second-order valence-electron chi connectivity index (χ2n) is 10.0. The molecule has 2 aliphatic carbocycles. The van der Waals surface area contributed by atoms with Crippen LogP contribution in [0.1, 0.15) is 84.9 Å². The Hall–Kier alpha value is -4.28. The minimum absolute atomic E-state index is 0.129. The van der Waals surface area contributed by atoms with Crippen LogP contribution in [0.25, 0.3) is 0 Å². The summed E-state index contributed by atoms with van der Waals surface area (Å²) < 4.78 is 0. The van der Waals surface area contributed by atoms with Crippen molar-refractivity contribution >= 4 is 35.3 Å². The molecule has 0 heterocycles. The monoisotopic (exact) mass is 535 g/mol. The van der Waals surface area contributed by atoms with Crippen LogP contribution in [-0.4, -0.2) is 36.0 Å². The molecule has 39 heavy (non-hydrogen) atoms. The fourth-order valence-electron chi connectivity index (χ4n) is 4.95. The van der Waals surface area contributed by atoms with Crippen LogP contribution in [0.4, 0.5) is 21.0 Å². The molecule has 11 nitrogen and oxygen atoms in total. The molecular formula is C28H37N7O4. The highest BCUT2D eigenvalue weighted by Gasteiger charge is 2.18. The molecule has 0 bridgehead atoms. The molecule has 0 radical (unpaired) electrons. The van der Waals surface area contributed by atoms with Crippen molar-refractivity contribution < 1.29 is 19.2 Å². The largest absolute Gasteiger partial charge is 0.355 e. The molecule has 2 aromatic rings. The van der Waals surface area contributed by atoms with Crippen LogP contribution in [0.3, 0.4) is 0 Å². The van der Waals surface area contributed by atoms with Crippen molar-refractivity contribution in [3.63, 3.8) is 0 Å². The summed E-state index contributed by atoms with van der Waals surface area (Å²) >= 11 is 0. The fraction of sp³-hybridized carbons (Fsp3) is 0.429. The van der Waals surface area contributed by atoms with Gasteiger partial charge in [0.05, 0.1) is 11.3 Å². The Morgan fingerprint density at radius 3 is 1.64 bits per heavy atom. The predicted molar refractivity (Wildman–Crippen MR) is 148 cm³/mol. The van der Waals surface area contributed by atoms with Crippen molar-refractivity contribution in [1.82, 2.24) is 32.3 Å². The van der Waals surface area contributed by atoms with Crippen molar-refractivity contribution in [1.29, 1.82) is 0 Å². The Labute approximate surface area is 228 Å². The predicted octanol–water partition coefficient (Wildman–Crippen LogP) is 3.98. The summed E-state index contributed by atoms with van der Waals surface area (Å²) in [6, 6.07) is 12.9. The molecular weight excluding hydrogens is 498 g/mol. The van der Waals surface area contributed by atoms with E-state index in [1.54, 1.807) is 48.5 Å². The van der Waals surface area contributed by atoms with Crippen LogP contribution in [0.5, 0.6) is 0 Å². The van der Waals surface area contributed by atoms with Crippen molar-refractivity contribution in [3.8, 4) is 0 Å². The standard InChI is InChI=1S/C28H37N7O4/c36-25(32-34-27(38)30-20-9-3-1-4-10-20)19-15-17-22(18-16-19)29-24-14-8-7-13-23(24)26(37)33-35-28(39)31-21-11-5-2-6-12-21/h7-8,13-18,20-21,29H,1-6,9-12H2,(H,32,36)(H,33,37)(H2,30,34,38)(H2,31,35,39). The molecule has 6 amide bonds. The average Bonchev–Trinajstić information content (AvgIpc) is 2.96. The van der Waals surface area contributed by atoms with Crippen molar-refractivity contribution in [3.05, 3.63) is 59.7 Å². The lowest BCUT2D eigenvalue weighted by Gasteiger charge is -2.23. The van der Waals surface area contributed by atoms with E-state index in [-0.39, 0.29) is 12.1 Å². The fourth-order valence-corrected chi connectivity index (χ4v) is 4.95. The zero-order valence-corrected chi connectivity index (χ0v) is 22.0. The maximum atomic E-state index is 12.8. The van der Waals surface area contributed by atoms with Crippen LogP contribution in [0.2, 0.25) is 0 Å². The Morgan fingerprint density at radius 2 is 1.08 bits per heavy atom. The average molecular weight is 536 g/mol. The molecule has 0 atom stereocenters. The van der Waals surface area contributed by atoms with Gasteiger partial charge in [-0.2, -0.15) is 0 Å². The molecule has 0 saturated heterocycles. The number of carbonyl (C=O) groups excluding carboxylic acids is 4. The topological polar surface area (TPSA) is 152 Å². The van der Waals surface area contributed by atoms with Gasteiger partial charge in [-0.1, -0.05) is 50.7 Å². The van der Waals surface area contributed by atoms with Gasteiger partial charge < -0.3 is 16.0 Å². The van der Waals surface area contributed by atoms with Gasteiger partial charge in [0, 0.05) is 23.3 Å². The summed E-state index contributed by atoms with van der Waals surface area (Å²) in [6.07, 6.45) is 10.6. The summed E-state index contributed by atoms with van der Waals surface area (Å²) in [5.74, 6) is -0.914. The van der Waals surface area contributed by atoms with E-state index < -0.39 is 23.9 Å². The quantitative estimate of drug-likeness (QED) is 0.279. The summed E-state index contributed by atoms with van der Waals surface area (Å²) in [4.78, 5) is 49.4. The molecule has 7 N–H and O–H groups in total. The van der Waals surface area contributed by atoms with E-state index in [1.807, 2.05) is 0 Å².